The molecule has 3 aromatic rings. The molecular weight excluding hydrogens is 552 g/mol. The van der Waals surface area contributed by atoms with E-state index in [1.54, 1.807) is 31.2 Å². The number of nitrogens with one attached hydrogen (secondary N) is 1. The number of carbonyl (C=O) groups is 2. The Balaban J connectivity index is 1.43. The third-order valence-corrected chi connectivity index (χ3v) is 9.60. The summed E-state index contributed by atoms with van der Waals surface area (Å²) < 4.78 is 32.6. The molecule has 0 saturated carbocycles. The lowest BCUT2D eigenvalue weighted by Crippen LogP contribution is -2.42. The van der Waals surface area contributed by atoms with E-state index in [2.05, 4.69) is 5.32 Å². The van der Waals surface area contributed by atoms with Crippen molar-refractivity contribution in [2.24, 2.45) is 0 Å². The average molecular weight is 579 g/mol. The second kappa shape index (κ2) is 11.7. The first-order valence-corrected chi connectivity index (χ1v) is 14.6. The monoisotopic (exact) mass is 578 g/mol. The predicted octanol–water partition coefficient (Wildman–Crippen LogP) is 4.94. The molecule has 0 amide bonds. The topological polar surface area (TPSA) is 133 Å². The van der Waals surface area contributed by atoms with Crippen LogP contribution in [0.4, 0.5) is 5.69 Å². The number of aliphatic carboxylic acids is 1. The van der Waals surface area contributed by atoms with Gasteiger partial charge in [-0.2, -0.15) is 0 Å². The maximum absolute atomic E-state index is 12.9. The number of benzene rings is 2. The van der Waals surface area contributed by atoms with Crippen molar-refractivity contribution in [1.82, 2.24) is 4.31 Å². The Kier molecular flexibility index (Phi) is 8.61. The van der Waals surface area contributed by atoms with Crippen LogP contribution in [0.5, 0.6) is 5.75 Å². The van der Waals surface area contributed by atoms with Gasteiger partial charge < -0.3 is 20.3 Å². The van der Waals surface area contributed by atoms with Crippen LogP contribution in [0.1, 0.15) is 33.6 Å². The fourth-order valence-corrected chi connectivity index (χ4v) is 7.27. The predicted molar refractivity (Wildman–Crippen MR) is 147 cm³/mol. The molecule has 12 heteroatoms. The molecule has 38 heavy (non-hydrogen) atoms. The van der Waals surface area contributed by atoms with Crippen LogP contribution in [0.3, 0.4) is 0 Å². The summed E-state index contributed by atoms with van der Waals surface area (Å²) in [6, 6.07) is 14.4. The van der Waals surface area contributed by atoms with Crippen LogP contribution in [0, 0.1) is 6.92 Å². The van der Waals surface area contributed by atoms with Crippen molar-refractivity contribution in [3.8, 4) is 16.2 Å². The van der Waals surface area contributed by atoms with E-state index in [0.717, 1.165) is 22.6 Å². The minimum atomic E-state index is -3.46. The zero-order valence-electron chi connectivity index (χ0n) is 20.5. The zero-order valence-corrected chi connectivity index (χ0v) is 22.9. The van der Waals surface area contributed by atoms with Crippen LogP contribution in [0.15, 0.2) is 48.5 Å². The van der Waals surface area contributed by atoms with Crippen LogP contribution in [0.25, 0.3) is 10.4 Å². The summed E-state index contributed by atoms with van der Waals surface area (Å²) in [6.07, 6.45) is 1.26. The minimum absolute atomic E-state index is 0.0523. The van der Waals surface area contributed by atoms with Gasteiger partial charge in [0.05, 0.1) is 5.75 Å². The second-order valence-electron chi connectivity index (χ2n) is 8.99. The highest BCUT2D eigenvalue weighted by molar-refractivity contribution is 7.88. The van der Waals surface area contributed by atoms with Crippen molar-refractivity contribution in [3.05, 3.63) is 69.6 Å². The summed E-state index contributed by atoms with van der Waals surface area (Å²) in [4.78, 5) is 23.3. The van der Waals surface area contributed by atoms with Gasteiger partial charge in [-0.1, -0.05) is 35.9 Å². The maximum Gasteiger partial charge on any atom is 0.349 e. The SMILES string of the molecule is Cc1c(-c2cccc(NC3CCN(S(=O)(=O)Cc4cccc(Cl)c4)CC3)c2)sc(C(=O)O)c1OCC(=O)O. The van der Waals surface area contributed by atoms with E-state index in [-0.39, 0.29) is 22.4 Å². The highest BCUT2D eigenvalue weighted by atomic mass is 35.5. The molecule has 0 atom stereocenters. The molecule has 0 spiro atoms. The molecule has 0 unspecified atom stereocenters. The Morgan fingerprint density at radius 1 is 1.13 bits per heavy atom. The molecule has 202 valence electrons. The van der Waals surface area contributed by atoms with Gasteiger partial charge in [-0.15, -0.1) is 11.3 Å². The largest absolute Gasteiger partial charge is 0.480 e. The van der Waals surface area contributed by atoms with Crippen LogP contribution in [-0.4, -0.2) is 60.6 Å². The number of piperidine rings is 1. The summed E-state index contributed by atoms with van der Waals surface area (Å²) in [5.74, 6) is -2.41. The smallest absolute Gasteiger partial charge is 0.349 e. The lowest BCUT2D eigenvalue weighted by molar-refractivity contribution is -0.139. The zero-order chi connectivity index (χ0) is 27.4. The summed E-state index contributed by atoms with van der Waals surface area (Å²) in [6.45, 7) is 1.87. The van der Waals surface area contributed by atoms with Gasteiger partial charge in [0.1, 0.15) is 5.75 Å². The number of sulfonamides is 1. The van der Waals surface area contributed by atoms with Crippen LogP contribution < -0.4 is 10.1 Å². The molecule has 1 saturated heterocycles. The van der Waals surface area contributed by atoms with Gasteiger partial charge in [-0.25, -0.2) is 22.3 Å². The number of carboxylic acids is 2. The van der Waals surface area contributed by atoms with Crippen molar-refractivity contribution >= 4 is 50.6 Å². The lowest BCUT2D eigenvalue weighted by Gasteiger charge is -2.32. The lowest BCUT2D eigenvalue weighted by atomic mass is 10.0. The fraction of sp³-hybridized carbons (Fsp3) is 0.308. The standard InChI is InChI=1S/C26H27ClN2O7S2/c1-16-23(36-14-22(30)31)25(26(32)33)37-24(16)18-5-3-7-21(13-18)28-20-8-10-29(11-9-20)38(34,35)15-17-4-2-6-19(27)12-17/h2-7,12-13,20,28H,8-11,14-15H2,1H3,(H,30,31)(H,32,33). The van der Waals surface area contributed by atoms with E-state index < -0.39 is 28.6 Å². The van der Waals surface area contributed by atoms with Crippen molar-refractivity contribution in [2.75, 3.05) is 25.0 Å². The molecule has 4 rings (SSSR count). The number of thiophene rings is 1. The van der Waals surface area contributed by atoms with Gasteiger partial charge in [0.25, 0.3) is 0 Å². The first kappa shape index (κ1) is 27.9. The van der Waals surface area contributed by atoms with Crippen molar-refractivity contribution in [1.29, 1.82) is 0 Å². The number of aromatic carboxylic acids is 1. The van der Waals surface area contributed by atoms with Crippen LogP contribution in [0.2, 0.25) is 5.02 Å². The van der Waals surface area contributed by atoms with Crippen molar-refractivity contribution in [3.63, 3.8) is 0 Å². The maximum atomic E-state index is 12.9. The molecule has 0 radical (unpaired) electrons. The van der Waals surface area contributed by atoms with Crippen molar-refractivity contribution < 1.29 is 33.0 Å². The first-order chi connectivity index (χ1) is 18.0. The number of nitrogens with zero attached hydrogens (tertiary/aromatic N) is 1. The molecule has 3 N–H and O–H groups in total. The third kappa shape index (κ3) is 6.65. The number of anilines is 1. The van der Waals surface area contributed by atoms with E-state index in [9.17, 15) is 23.1 Å². The van der Waals surface area contributed by atoms with E-state index in [1.165, 1.54) is 4.31 Å². The fourth-order valence-electron chi connectivity index (χ4n) is 4.42. The van der Waals surface area contributed by atoms with Crippen molar-refractivity contribution in [2.45, 2.75) is 31.6 Å². The molecule has 1 aliphatic rings. The van der Waals surface area contributed by atoms with E-state index in [1.807, 2.05) is 24.3 Å². The number of ether oxygens (including phenoxy) is 1. The summed E-state index contributed by atoms with van der Waals surface area (Å²) in [5, 5.41) is 22.5. The summed E-state index contributed by atoms with van der Waals surface area (Å²) in [7, 11) is -3.46. The molecular formula is C26H27ClN2O7S2. The van der Waals surface area contributed by atoms with E-state index >= 15 is 0 Å². The Bertz CT molecular complexity index is 1450. The average Bonchev–Trinajstić information content (AvgIpc) is 3.19. The Labute approximate surface area is 229 Å². The minimum Gasteiger partial charge on any atom is -0.480 e. The van der Waals surface area contributed by atoms with E-state index in [4.69, 9.17) is 21.4 Å². The van der Waals surface area contributed by atoms with Gasteiger partial charge in [0.15, 0.2) is 11.5 Å². The number of halogens is 1. The molecule has 1 fully saturated rings. The highest BCUT2D eigenvalue weighted by Crippen LogP contribution is 2.42. The second-order valence-corrected chi connectivity index (χ2v) is 12.4. The molecule has 2 aromatic carbocycles. The first-order valence-electron chi connectivity index (χ1n) is 11.8. The van der Waals surface area contributed by atoms with Gasteiger partial charge in [-0.05, 0) is 55.2 Å². The molecule has 1 aromatic heterocycles. The van der Waals surface area contributed by atoms with Gasteiger partial charge >= 0.3 is 11.9 Å². The highest BCUT2D eigenvalue weighted by Gasteiger charge is 2.28. The van der Waals surface area contributed by atoms with Crippen LogP contribution >= 0.6 is 22.9 Å². The number of rotatable bonds is 10. The Morgan fingerprint density at radius 3 is 2.50 bits per heavy atom. The molecule has 9 nitrogen and oxygen atoms in total. The summed E-state index contributed by atoms with van der Waals surface area (Å²) in [5.41, 5.74) is 2.80. The number of hydrogen-bond donors (Lipinski definition) is 3. The van der Waals surface area contributed by atoms with Crippen LogP contribution in [-0.2, 0) is 20.6 Å². The van der Waals surface area contributed by atoms with Gasteiger partial charge in [0, 0.05) is 40.3 Å². The molecule has 1 aliphatic heterocycles. The molecule has 0 aliphatic carbocycles. The van der Waals surface area contributed by atoms with Gasteiger partial charge in [-0.3, -0.25) is 0 Å². The van der Waals surface area contributed by atoms with Gasteiger partial charge in [0.2, 0.25) is 10.0 Å². The summed E-state index contributed by atoms with van der Waals surface area (Å²) >= 11 is 7.02. The number of carboxylic acid groups (broad SMARTS) is 2. The Hall–Kier alpha value is -3.12. The van der Waals surface area contributed by atoms with E-state index in [0.29, 0.717) is 47.0 Å². The molecule has 2 heterocycles. The number of hydrogen-bond acceptors (Lipinski definition) is 7. The Morgan fingerprint density at radius 2 is 1.84 bits per heavy atom. The third-order valence-electron chi connectivity index (χ3n) is 6.21. The normalized spacial score (nSPS) is 14.8. The molecule has 0 bridgehead atoms. The quantitative estimate of drug-likeness (QED) is 0.308.